The summed E-state index contributed by atoms with van der Waals surface area (Å²) in [5.41, 5.74) is 2.46. The highest BCUT2D eigenvalue weighted by molar-refractivity contribution is 5.94. The highest BCUT2D eigenvalue weighted by Gasteiger charge is 2.28. The lowest BCUT2D eigenvalue weighted by Gasteiger charge is -2.35. The summed E-state index contributed by atoms with van der Waals surface area (Å²) in [6, 6.07) is 1.72. The standard InChI is InChI=1S/C16H19N5O2/c1-12-15(18-7-6-17-12)3-2-14-11-23-9-8-21(14)16(22)13-4-5-19-20-10-13/h4-7,10,14H,2-3,8-9,11H2,1H3/t14-/m0/s1. The summed E-state index contributed by atoms with van der Waals surface area (Å²) in [5, 5.41) is 7.50. The first-order valence-corrected chi connectivity index (χ1v) is 7.67. The third-order valence-corrected chi connectivity index (χ3v) is 4.02. The van der Waals surface area contributed by atoms with E-state index in [-0.39, 0.29) is 11.9 Å². The van der Waals surface area contributed by atoms with Crippen molar-refractivity contribution >= 4 is 5.91 Å². The molecule has 0 saturated carbocycles. The lowest BCUT2D eigenvalue weighted by molar-refractivity contribution is -0.00417. The molecular formula is C16H19N5O2. The number of ether oxygens (including phenoxy) is 1. The molecule has 0 N–H and O–H groups in total. The molecule has 2 aromatic heterocycles. The van der Waals surface area contributed by atoms with Crippen LogP contribution >= 0.6 is 0 Å². The molecule has 0 radical (unpaired) electrons. The molecule has 3 heterocycles. The first-order chi connectivity index (χ1) is 11.3. The van der Waals surface area contributed by atoms with E-state index >= 15 is 0 Å². The number of morpholine rings is 1. The van der Waals surface area contributed by atoms with Crippen molar-refractivity contribution in [3.05, 3.63) is 47.8 Å². The van der Waals surface area contributed by atoms with Gasteiger partial charge in [-0.15, -0.1) is 0 Å². The topological polar surface area (TPSA) is 81.1 Å². The number of amides is 1. The maximum absolute atomic E-state index is 12.7. The normalized spacial score (nSPS) is 18.0. The van der Waals surface area contributed by atoms with Gasteiger partial charge < -0.3 is 9.64 Å². The molecule has 0 unspecified atom stereocenters. The van der Waals surface area contributed by atoms with Crippen molar-refractivity contribution in [3.8, 4) is 0 Å². The van der Waals surface area contributed by atoms with Crippen LogP contribution in [0.1, 0.15) is 28.2 Å². The minimum absolute atomic E-state index is 0.0240. The van der Waals surface area contributed by atoms with E-state index in [0.717, 1.165) is 24.2 Å². The zero-order chi connectivity index (χ0) is 16.1. The summed E-state index contributed by atoms with van der Waals surface area (Å²) in [7, 11) is 0. The van der Waals surface area contributed by atoms with Gasteiger partial charge in [-0.2, -0.15) is 10.2 Å². The Labute approximate surface area is 134 Å². The van der Waals surface area contributed by atoms with E-state index in [9.17, 15) is 4.79 Å². The zero-order valence-electron chi connectivity index (χ0n) is 13.1. The Morgan fingerprint density at radius 3 is 2.96 bits per heavy atom. The fourth-order valence-electron chi connectivity index (χ4n) is 2.73. The average molecular weight is 313 g/mol. The van der Waals surface area contributed by atoms with Gasteiger partial charge in [-0.3, -0.25) is 14.8 Å². The van der Waals surface area contributed by atoms with Gasteiger partial charge >= 0.3 is 0 Å². The van der Waals surface area contributed by atoms with Crippen LogP contribution in [0.15, 0.2) is 30.9 Å². The second kappa shape index (κ2) is 7.23. The maximum Gasteiger partial charge on any atom is 0.255 e. The van der Waals surface area contributed by atoms with Crippen LogP contribution in [-0.2, 0) is 11.2 Å². The van der Waals surface area contributed by atoms with E-state index in [1.165, 1.54) is 12.4 Å². The number of hydrogen-bond donors (Lipinski definition) is 0. The van der Waals surface area contributed by atoms with Crippen LogP contribution in [0.2, 0.25) is 0 Å². The lowest BCUT2D eigenvalue weighted by atomic mass is 10.1. The molecular weight excluding hydrogens is 294 g/mol. The molecule has 1 saturated heterocycles. The van der Waals surface area contributed by atoms with E-state index in [1.807, 2.05) is 11.8 Å². The van der Waals surface area contributed by atoms with Crippen molar-refractivity contribution in [2.24, 2.45) is 0 Å². The molecule has 2 aromatic rings. The molecule has 1 fully saturated rings. The van der Waals surface area contributed by atoms with Gasteiger partial charge in [0.2, 0.25) is 0 Å². The third-order valence-electron chi connectivity index (χ3n) is 4.02. The van der Waals surface area contributed by atoms with Crippen molar-refractivity contribution in [3.63, 3.8) is 0 Å². The van der Waals surface area contributed by atoms with E-state index < -0.39 is 0 Å². The summed E-state index contributed by atoms with van der Waals surface area (Å²) in [5.74, 6) is -0.0240. The Bertz CT molecular complexity index is 665. The van der Waals surface area contributed by atoms with Crippen LogP contribution in [-0.4, -0.2) is 56.8 Å². The Hall–Kier alpha value is -2.41. The number of nitrogens with zero attached hydrogens (tertiary/aromatic N) is 5. The number of carbonyl (C=O) groups is 1. The lowest BCUT2D eigenvalue weighted by Crippen LogP contribution is -2.49. The largest absolute Gasteiger partial charge is 0.377 e. The van der Waals surface area contributed by atoms with Crippen molar-refractivity contribution in [1.82, 2.24) is 25.1 Å². The Morgan fingerprint density at radius 1 is 1.30 bits per heavy atom. The van der Waals surface area contributed by atoms with Gasteiger partial charge in [-0.25, -0.2) is 0 Å². The molecule has 1 aliphatic heterocycles. The molecule has 7 nitrogen and oxygen atoms in total. The van der Waals surface area contributed by atoms with Gasteiger partial charge in [-0.1, -0.05) is 0 Å². The van der Waals surface area contributed by atoms with Gasteiger partial charge in [0, 0.05) is 18.9 Å². The average Bonchev–Trinajstić information content (AvgIpc) is 2.61. The third kappa shape index (κ3) is 3.68. The highest BCUT2D eigenvalue weighted by atomic mass is 16.5. The predicted molar refractivity (Wildman–Crippen MR) is 82.8 cm³/mol. The van der Waals surface area contributed by atoms with Gasteiger partial charge in [0.1, 0.15) is 0 Å². The van der Waals surface area contributed by atoms with E-state index in [0.29, 0.717) is 25.3 Å². The minimum atomic E-state index is -0.0240. The molecule has 0 aliphatic carbocycles. The summed E-state index contributed by atoms with van der Waals surface area (Å²) >= 11 is 0. The van der Waals surface area contributed by atoms with Gasteiger partial charge in [0.25, 0.3) is 5.91 Å². The first-order valence-electron chi connectivity index (χ1n) is 7.67. The monoisotopic (exact) mass is 313 g/mol. The van der Waals surface area contributed by atoms with Crippen LogP contribution in [0.5, 0.6) is 0 Å². The summed E-state index contributed by atoms with van der Waals surface area (Å²) in [6.07, 6.45) is 7.99. The van der Waals surface area contributed by atoms with Crippen LogP contribution in [0, 0.1) is 6.92 Å². The number of rotatable bonds is 4. The summed E-state index contributed by atoms with van der Waals surface area (Å²) < 4.78 is 5.56. The number of aromatic nitrogens is 4. The SMILES string of the molecule is Cc1nccnc1CC[C@H]1COCCN1C(=O)c1ccnnc1. The smallest absolute Gasteiger partial charge is 0.255 e. The Kier molecular flexibility index (Phi) is 4.87. The van der Waals surface area contributed by atoms with Crippen LogP contribution < -0.4 is 0 Å². The van der Waals surface area contributed by atoms with E-state index in [1.54, 1.807) is 18.5 Å². The second-order valence-electron chi connectivity index (χ2n) is 5.49. The number of hydrogen-bond acceptors (Lipinski definition) is 6. The summed E-state index contributed by atoms with van der Waals surface area (Å²) in [6.45, 7) is 3.64. The number of aryl methyl sites for hydroxylation is 2. The molecule has 0 spiro atoms. The van der Waals surface area contributed by atoms with Gasteiger partial charge in [-0.05, 0) is 25.8 Å². The molecule has 3 rings (SSSR count). The fraction of sp³-hybridized carbons (Fsp3) is 0.438. The van der Waals surface area contributed by atoms with E-state index in [2.05, 4.69) is 20.2 Å². The molecule has 0 aromatic carbocycles. The summed E-state index contributed by atoms with van der Waals surface area (Å²) in [4.78, 5) is 23.2. The van der Waals surface area contributed by atoms with Crippen LogP contribution in [0.4, 0.5) is 0 Å². The minimum Gasteiger partial charge on any atom is -0.377 e. The molecule has 1 amide bonds. The highest BCUT2D eigenvalue weighted by Crippen LogP contribution is 2.17. The maximum atomic E-state index is 12.7. The molecule has 1 aliphatic rings. The zero-order valence-corrected chi connectivity index (χ0v) is 13.1. The number of carbonyl (C=O) groups excluding carboxylic acids is 1. The van der Waals surface area contributed by atoms with Crippen molar-refractivity contribution in [2.45, 2.75) is 25.8 Å². The first kappa shape index (κ1) is 15.5. The fourth-order valence-corrected chi connectivity index (χ4v) is 2.73. The van der Waals surface area contributed by atoms with Crippen molar-refractivity contribution in [2.75, 3.05) is 19.8 Å². The van der Waals surface area contributed by atoms with Crippen LogP contribution in [0.25, 0.3) is 0 Å². The van der Waals surface area contributed by atoms with Gasteiger partial charge in [0.05, 0.1) is 48.6 Å². The Balaban J connectivity index is 1.69. The molecule has 7 heteroatoms. The van der Waals surface area contributed by atoms with Crippen molar-refractivity contribution in [1.29, 1.82) is 0 Å². The molecule has 0 bridgehead atoms. The quantitative estimate of drug-likeness (QED) is 0.839. The van der Waals surface area contributed by atoms with Gasteiger partial charge in [0.15, 0.2) is 0 Å². The Morgan fingerprint density at radius 2 is 2.17 bits per heavy atom. The predicted octanol–water partition coefficient (Wildman–Crippen LogP) is 1.05. The van der Waals surface area contributed by atoms with Crippen LogP contribution in [0.3, 0.4) is 0 Å². The molecule has 120 valence electrons. The molecule has 23 heavy (non-hydrogen) atoms. The molecule has 1 atom stereocenters. The van der Waals surface area contributed by atoms with Crippen molar-refractivity contribution < 1.29 is 9.53 Å². The van der Waals surface area contributed by atoms with E-state index in [4.69, 9.17) is 4.74 Å². The second-order valence-corrected chi connectivity index (χ2v) is 5.49.